The van der Waals surface area contributed by atoms with Crippen LogP contribution in [-0.4, -0.2) is 22.5 Å². The Morgan fingerprint density at radius 1 is 0.643 bits per heavy atom. The summed E-state index contributed by atoms with van der Waals surface area (Å²) < 4.78 is 0. The van der Waals surface area contributed by atoms with E-state index in [0.29, 0.717) is 5.41 Å². The summed E-state index contributed by atoms with van der Waals surface area (Å²) in [5, 5.41) is 0. The average molecular weight is 199 g/mol. The molecule has 1 heteroatoms. The molecule has 0 rings (SSSR count). The summed E-state index contributed by atoms with van der Waals surface area (Å²) in [5.74, 6) is 0. The van der Waals surface area contributed by atoms with Crippen molar-refractivity contribution in [2.45, 2.75) is 73.4 Å². The molecule has 0 aromatic heterocycles. The third-order valence-corrected chi connectivity index (χ3v) is 2.25. The molecule has 0 saturated carbocycles. The van der Waals surface area contributed by atoms with Gasteiger partial charge in [-0.05, 0) is 47.0 Å². The van der Waals surface area contributed by atoms with Gasteiger partial charge in [-0.1, -0.05) is 20.8 Å². The van der Waals surface area contributed by atoms with Crippen LogP contribution < -0.4 is 0 Å². The maximum Gasteiger partial charge on any atom is 0.0130 e. The molecule has 0 fully saturated rings. The highest BCUT2D eigenvalue weighted by Gasteiger charge is 2.33. The molecule has 0 saturated heterocycles. The van der Waals surface area contributed by atoms with Crippen molar-refractivity contribution in [3.8, 4) is 0 Å². The third kappa shape index (κ3) is 4.99. The fourth-order valence-electron chi connectivity index (χ4n) is 1.95. The lowest BCUT2D eigenvalue weighted by molar-refractivity contribution is 0.00837. The average Bonchev–Trinajstić information content (AvgIpc) is 1.75. The first-order chi connectivity index (χ1) is 5.84. The van der Waals surface area contributed by atoms with Gasteiger partial charge in [0.15, 0.2) is 0 Å². The summed E-state index contributed by atoms with van der Waals surface area (Å²) >= 11 is 0. The van der Waals surface area contributed by atoms with Crippen molar-refractivity contribution in [3.63, 3.8) is 0 Å². The molecule has 0 unspecified atom stereocenters. The Hall–Kier alpha value is -0.0400. The van der Waals surface area contributed by atoms with Crippen molar-refractivity contribution in [2.24, 2.45) is 5.41 Å². The molecular weight excluding hydrogens is 170 g/mol. The highest BCUT2D eigenvalue weighted by atomic mass is 15.2. The molecule has 0 aliphatic rings. The summed E-state index contributed by atoms with van der Waals surface area (Å²) in [6.45, 7) is 21.8. The molecule has 0 atom stereocenters. The Labute approximate surface area is 90.9 Å². The van der Waals surface area contributed by atoms with E-state index < -0.39 is 0 Å². The van der Waals surface area contributed by atoms with Gasteiger partial charge in [0.05, 0.1) is 0 Å². The molecule has 0 amide bonds. The minimum absolute atomic E-state index is 0.242. The third-order valence-electron chi connectivity index (χ3n) is 2.25. The maximum absolute atomic E-state index is 2.58. The van der Waals surface area contributed by atoms with E-state index in [0.717, 1.165) is 6.54 Å². The number of hydrogen-bond acceptors (Lipinski definition) is 1. The highest BCUT2D eigenvalue weighted by molar-refractivity contribution is 4.89. The standard InChI is InChI=1S/C13H29N/c1-11(2,3)10-14(12(4,5)6)13(7,8)9/h10H2,1-9H3. The Balaban J connectivity index is 4.78. The van der Waals surface area contributed by atoms with Crippen LogP contribution in [0.1, 0.15) is 62.3 Å². The van der Waals surface area contributed by atoms with E-state index in [1.807, 2.05) is 0 Å². The molecule has 0 aromatic carbocycles. The van der Waals surface area contributed by atoms with Gasteiger partial charge in [-0.15, -0.1) is 0 Å². The topological polar surface area (TPSA) is 3.24 Å². The summed E-state index contributed by atoms with van der Waals surface area (Å²) in [6, 6.07) is 0. The fraction of sp³-hybridized carbons (Fsp3) is 1.00. The van der Waals surface area contributed by atoms with Crippen LogP contribution in [0.15, 0.2) is 0 Å². The molecule has 0 radical (unpaired) electrons. The first kappa shape index (κ1) is 14.0. The molecule has 0 aliphatic heterocycles. The Morgan fingerprint density at radius 2 is 0.929 bits per heavy atom. The molecule has 1 nitrogen and oxygen atoms in total. The molecule has 14 heavy (non-hydrogen) atoms. The molecular formula is C13H29N. The van der Waals surface area contributed by atoms with Crippen molar-refractivity contribution in [3.05, 3.63) is 0 Å². The van der Waals surface area contributed by atoms with Gasteiger partial charge in [-0.3, -0.25) is 4.90 Å². The first-order valence-corrected chi connectivity index (χ1v) is 5.62. The summed E-state index contributed by atoms with van der Waals surface area (Å²) in [7, 11) is 0. The van der Waals surface area contributed by atoms with Crippen molar-refractivity contribution in [2.75, 3.05) is 6.54 Å². The monoisotopic (exact) mass is 199 g/mol. The second-order valence-corrected chi connectivity index (χ2v) is 7.49. The summed E-state index contributed by atoms with van der Waals surface area (Å²) in [6.07, 6.45) is 0. The molecule has 0 bridgehead atoms. The van der Waals surface area contributed by atoms with Crippen molar-refractivity contribution >= 4 is 0 Å². The number of rotatable bonds is 1. The Morgan fingerprint density at radius 3 is 1.00 bits per heavy atom. The zero-order chi connectivity index (χ0) is 11.8. The van der Waals surface area contributed by atoms with E-state index in [-0.39, 0.29) is 11.1 Å². The molecule has 86 valence electrons. The smallest absolute Gasteiger partial charge is 0.0130 e. The number of hydrogen-bond donors (Lipinski definition) is 0. The van der Waals surface area contributed by atoms with E-state index in [4.69, 9.17) is 0 Å². The Bertz CT molecular complexity index is 159. The first-order valence-electron chi connectivity index (χ1n) is 5.62. The van der Waals surface area contributed by atoms with Crippen molar-refractivity contribution in [1.29, 1.82) is 0 Å². The minimum atomic E-state index is 0.242. The van der Waals surface area contributed by atoms with E-state index in [1.165, 1.54) is 0 Å². The van der Waals surface area contributed by atoms with E-state index in [1.54, 1.807) is 0 Å². The van der Waals surface area contributed by atoms with Crippen molar-refractivity contribution < 1.29 is 0 Å². The SMILES string of the molecule is CC(C)(C)CN(C(C)(C)C)C(C)(C)C. The van der Waals surface area contributed by atoms with Gasteiger partial charge < -0.3 is 0 Å². The van der Waals surface area contributed by atoms with E-state index in [2.05, 4.69) is 67.2 Å². The van der Waals surface area contributed by atoms with Crippen LogP contribution in [0.2, 0.25) is 0 Å². The zero-order valence-electron chi connectivity index (χ0n) is 11.7. The van der Waals surface area contributed by atoms with Gasteiger partial charge >= 0.3 is 0 Å². The van der Waals surface area contributed by atoms with Crippen LogP contribution in [0.3, 0.4) is 0 Å². The summed E-state index contributed by atoms with van der Waals surface area (Å²) in [5.41, 5.74) is 0.845. The van der Waals surface area contributed by atoms with E-state index in [9.17, 15) is 0 Å². The largest absolute Gasteiger partial charge is 0.293 e. The predicted molar refractivity (Wildman–Crippen MR) is 65.7 cm³/mol. The van der Waals surface area contributed by atoms with Gasteiger partial charge in [0.1, 0.15) is 0 Å². The van der Waals surface area contributed by atoms with Crippen molar-refractivity contribution in [1.82, 2.24) is 4.90 Å². The van der Waals surface area contributed by atoms with Crippen LogP contribution in [0.4, 0.5) is 0 Å². The molecule has 0 aromatic rings. The molecule has 0 aliphatic carbocycles. The molecule has 0 spiro atoms. The maximum atomic E-state index is 2.58. The predicted octanol–water partition coefficient (Wildman–Crippen LogP) is 3.93. The van der Waals surface area contributed by atoms with Crippen LogP contribution in [0, 0.1) is 5.41 Å². The van der Waals surface area contributed by atoms with Gasteiger partial charge in [-0.25, -0.2) is 0 Å². The van der Waals surface area contributed by atoms with Crippen LogP contribution >= 0.6 is 0 Å². The lowest BCUT2D eigenvalue weighted by Crippen LogP contribution is -2.55. The van der Waals surface area contributed by atoms with Crippen LogP contribution in [0.5, 0.6) is 0 Å². The summed E-state index contributed by atoms with van der Waals surface area (Å²) in [4.78, 5) is 2.58. The van der Waals surface area contributed by atoms with Crippen LogP contribution in [0.25, 0.3) is 0 Å². The minimum Gasteiger partial charge on any atom is -0.293 e. The molecule has 0 N–H and O–H groups in total. The van der Waals surface area contributed by atoms with Gasteiger partial charge in [-0.2, -0.15) is 0 Å². The highest BCUT2D eigenvalue weighted by Crippen LogP contribution is 2.29. The number of nitrogens with zero attached hydrogens (tertiary/aromatic N) is 1. The Kier molecular flexibility index (Phi) is 3.83. The molecule has 0 heterocycles. The fourth-order valence-corrected chi connectivity index (χ4v) is 1.95. The normalized spacial score (nSPS) is 15.0. The zero-order valence-corrected chi connectivity index (χ0v) is 11.7. The van der Waals surface area contributed by atoms with Gasteiger partial charge in [0, 0.05) is 17.6 Å². The van der Waals surface area contributed by atoms with Gasteiger partial charge in [0.2, 0.25) is 0 Å². The lowest BCUT2D eigenvalue weighted by Gasteiger charge is -2.48. The van der Waals surface area contributed by atoms with E-state index >= 15 is 0 Å². The second kappa shape index (κ2) is 3.84. The van der Waals surface area contributed by atoms with Gasteiger partial charge in [0.25, 0.3) is 0 Å². The lowest BCUT2D eigenvalue weighted by atomic mass is 9.88. The quantitative estimate of drug-likeness (QED) is 0.618. The second-order valence-electron chi connectivity index (χ2n) is 7.49. The van der Waals surface area contributed by atoms with Crippen LogP contribution in [-0.2, 0) is 0 Å².